The monoisotopic (exact) mass is 326 g/mol. The van der Waals surface area contributed by atoms with Crippen LogP contribution >= 0.6 is 34.7 Å². The fourth-order valence-electron chi connectivity index (χ4n) is 2.11. The van der Waals surface area contributed by atoms with Crippen molar-refractivity contribution in [2.24, 2.45) is 0 Å². The molecular weight excluding hydrogens is 312 g/mol. The topological polar surface area (TPSA) is 59.1 Å². The van der Waals surface area contributed by atoms with E-state index in [1.54, 1.807) is 0 Å². The van der Waals surface area contributed by atoms with Crippen LogP contribution in [-0.2, 0) is 10.0 Å². The van der Waals surface area contributed by atoms with E-state index in [1.807, 2.05) is 11.8 Å². The Bertz CT molecular complexity index is 503. The Balaban J connectivity index is 2.04. The van der Waals surface area contributed by atoms with Crippen molar-refractivity contribution in [2.75, 3.05) is 6.26 Å². The van der Waals surface area contributed by atoms with Crippen LogP contribution in [0.15, 0.2) is 10.4 Å². The molecule has 2 atom stereocenters. The molecule has 0 aromatic carbocycles. The Kier molecular flexibility index (Phi) is 4.93. The van der Waals surface area contributed by atoms with Gasteiger partial charge in [-0.15, -0.1) is 0 Å². The number of halogens is 1. The van der Waals surface area contributed by atoms with Crippen molar-refractivity contribution in [3.63, 3.8) is 0 Å². The second-order valence-corrected chi connectivity index (χ2v) is 8.97. The van der Waals surface area contributed by atoms with Crippen molar-refractivity contribution in [3.8, 4) is 0 Å². The van der Waals surface area contributed by atoms with E-state index < -0.39 is 10.0 Å². The van der Waals surface area contributed by atoms with Gasteiger partial charge in [0.1, 0.15) is 0 Å². The maximum Gasteiger partial charge on any atom is 0.251 e. The highest BCUT2D eigenvalue weighted by molar-refractivity contribution is 7.99. The minimum absolute atomic E-state index is 0.0297. The molecule has 18 heavy (non-hydrogen) atoms. The third-order valence-electron chi connectivity index (χ3n) is 3.00. The van der Waals surface area contributed by atoms with Crippen LogP contribution in [0.3, 0.4) is 0 Å². The molecule has 0 bridgehead atoms. The molecule has 2 unspecified atom stereocenters. The molecule has 0 amide bonds. The molecule has 1 aromatic heterocycles. The van der Waals surface area contributed by atoms with Crippen LogP contribution in [0.1, 0.15) is 25.7 Å². The summed E-state index contributed by atoms with van der Waals surface area (Å²) in [4.78, 5) is 3.77. The van der Waals surface area contributed by atoms with Gasteiger partial charge >= 0.3 is 0 Å². The molecule has 0 saturated heterocycles. The van der Waals surface area contributed by atoms with Crippen LogP contribution in [-0.4, -0.2) is 30.9 Å². The van der Waals surface area contributed by atoms with Crippen LogP contribution in [0.25, 0.3) is 0 Å². The van der Waals surface area contributed by atoms with E-state index in [4.69, 9.17) is 11.6 Å². The summed E-state index contributed by atoms with van der Waals surface area (Å²) in [6.07, 6.45) is 7.43. The van der Waals surface area contributed by atoms with Gasteiger partial charge in [0.2, 0.25) is 0 Å². The van der Waals surface area contributed by atoms with Crippen molar-refractivity contribution < 1.29 is 8.42 Å². The predicted molar refractivity (Wildman–Crippen MR) is 77.0 cm³/mol. The normalized spacial score (nSPS) is 25.2. The van der Waals surface area contributed by atoms with E-state index >= 15 is 0 Å². The third-order valence-corrected chi connectivity index (χ3v) is 7.19. The predicted octanol–water partition coefficient (Wildman–Crippen LogP) is 2.75. The average molecular weight is 327 g/mol. The summed E-state index contributed by atoms with van der Waals surface area (Å²) in [6, 6.07) is 0.0297. The lowest BCUT2D eigenvalue weighted by Crippen LogP contribution is -2.38. The Morgan fingerprint density at radius 3 is 2.94 bits per heavy atom. The summed E-state index contributed by atoms with van der Waals surface area (Å²) < 4.78 is 27.4. The summed E-state index contributed by atoms with van der Waals surface area (Å²) in [7, 11) is -3.46. The van der Waals surface area contributed by atoms with Gasteiger partial charge in [-0.3, -0.25) is 0 Å². The second kappa shape index (κ2) is 6.09. The molecule has 1 aromatic rings. The molecule has 102 valence electrons. The SMILES string of the molecule is CSC1CCCC(NS(=O)(=O)c2cnc(Cl)s2)C1. The van der Waals surface area contributed by atoms with E-state index in [0.717, 1.165) is 30.6 Å². The first-order valence-corrected chi connectivity index (χ1v) is 9.64. The largest absolute Gasteiger partial charge is 0.251 e. The maximum absolute atomic E-state index is 12.1. The van der Waals surface area contributed by atoms with Crippen LogP contribution in [0, 0.1) is 0 Å². The van der Waals surface area contributed by atoms with Gasteiger partial charge in [-0.25, -0.2) is 18.1 Å². The molecular formula is C10H15ClN2O2S3. The lowest BCUT2D eigenvalue weighted by molar-refractivity contribution is 0.421. The Morgan fingerprint density at radius 1 is 1.56 bits per heavy atom. The second-order valence-electron chi connectivity index (χ2n) is 4.27. The smallest absolute Gasteiger partial charge is 0.232 e. The number of hydrogen-bond donors (Lipinski definition) is 1. The number of thioether (sulfide) groups is 1. The first-order valence-electron chi connectivity index (χ1n) is 5.67. The van der Waals surface area contributed by atoms with Crippen LogP contribution in [0.4, 0.5) is 0 Å². The molecule has 1 aliphatic rings. The van der Waals surface area contributed by atoms with Gasteiger partial charge in [-0.2, -0.15) is 11.8 Å². The molecule has 4 nitrogen and oxygen atoms in total. The van der Waals surface area contributed by atoms with Gasteiger partial charge in [0, 0.05) is 11.3 Å². The zero-order valence-electron chi connectivity index (χ0n) is 9.93. The standard InChI is InChI=1S/C10H15ClN2O2S3/c1-16-8-4-2-3-7(5-8)13-18(14,15)9-6-12-10(11)17-9/h6-8,13H,2-5H2,1H3. The minimum atomic E-state index is -3.46. The zero-order chi connectivity index (χ0) is 13.2. The van der Waals surface area contributed by atoms with Gasteiger partial charge in [-0.05, 0) is 25.5 Å². The Hall–Kier alpha value is 0.180. The lowest BCUT2D eigenvalue weighted by atomic mass is 9.96. The molecule has 1 N–H and O–H groups in total. The van der Waals surface area contributed by atoms with E-state index in [2.05, 4.69) is 16.0 Å². The van der Waals surface area contributed by atoms with Gasteiger partial charge < -0.3 is 0 Å². The number of rotatable bonds is 4. The molecule has 0 spiro atoms. The van der Waals surface area contributed by atoms with E-state index in [1.165, 1.54) is 12.6 Å². The molecule has 8 heteroatoms. The summed E-state index contributed by atoms with van der Waals surface area (Å²) in [6.45, 7) is 0. The van der Waals surface area contributed by atoms with Crippen molar-refractivity contribution in [2.45, 2.75) is 41.2 Å². The van der Waals surface area contributed by atoms with Crippen LogP contribution < -0.4 is 4.72 Å². The van der Waals surface area contributed by atoms with Crippen LogP contribution in [0.2, 0.25) is 4.47 Å². The molecule has 1 heterocycles. The van der Waals surface area contributed by atoms with Crippen molar-refractivity contribution in [3.05, 3.63) is 10.7 Å². The molecule has 0 radical (unpaired) electrons. The van der Waals surface area contributed by atoms with Gasteiger partial charge in [-0.1, -0.05) is 29.4 Å². The maximum atomic E-state index is 12.1. The molecule has 2 rings (SSSR count). The first kappa shape index (κ1) is 14.6. The highest BCUT2D eigenvalue weighted by Crippen LogP contribution is 2.29. The number of sulfonamides is 1. The Morgan fingerprint density at radius 2 is 2.33 bits per heavy atom. The van der Waals surface area contributed by atoms with Gasteiger partial charge in [0.25, 0.3) is 10.0 Å². The molecule has 1 aliphatic carbocycles. The first-order chi connectivity index (χ1) is 8.51. The van der Waals surface area contributed by atoms with Crippen molar-refractivity contribution in [1.29, 1.82) is 0 Å². The molecule has 1 saturated carbocycles. The third kappa shape index (κ3) is 3.60. The highest BCUT2D eigenvalue weighted by Gasteiger charge is 2.27. The number of nitrogens with one attached hydrogen (secondary N) is 1. The fourth-order valence-corrected chi connectivity index (χ4v) is 5.53. The average Bonchev–Trinajstić information content (AvgIpc) is 2.76. The number of aromatic nitrogens is 1. The van der Waals surface area contributed by atoms with E-state index in [0.29, 0.717) is 5.25 Å². The number of hydrogen-bond acceptors (Lipinski definition) is 5. The van der Waals surface area contributed by atoms with Crippen molar-refractivity contribution in [1.82, 2.24) is 9.71 Å². The van der Waals surface area contributed by atoms with Crippen molar-refractivity contribution >= 4 is 44.7 Å². The number of nitrogens with zero attached hydrogens (tertiary/aromatic N) is 1. The summed E-state index contributed by atoms with van der Waals surface area (Å²) in [5.41, 5.74) is 0. The lowest BCUT2D eigenvalue weighted by Gasteiger charge is -2.28. The van der Waals surface area contributed by atoms with Gasteiger partial charge in [0.05, 0.1) is 6.20 Å². The van der Waals surface area contributed by atoms with Crippen LogP contribution in [0.5, 0.6) is 0 Å². The molecule has 1 fully saturated rings. The van der Waals surface area contributed by atoms with E-state index in [-0.39, 0.29) is 14.7 Å². The summed E-state index contributed by atoms with van der Waals surface area (Å²) in [5.74, 6) is 0. The minimum Gasteiger partial charge on any atom is -0.232 e. The van der Waals surface area contributed by atoms with E-state index in [9.17, 15) is 8.42 Å². The zero-order valence-corrected chi connectivity index (χ0v) is 13.1. The summed E-state index contributed by atoms with van der Waals surface area (Å²) >= 11 is 8.46. The number of thiazole rings is 1. The van der Waals surface area contributed by atoms with Gasteiger partial charge in [0.15, 0.2) is 8.68 Å². The quantitative estimate of drug-likeness (QED) is 0.924. The molecule has 0 aliphatic heterocycles. The summed E-state index contributed by atoms with van der Waals surface area (Å²) in [5, 5.41) is 0.552. The highest BCUT2D eigenvalue weighted by atomic mass is 35.5. The Labute approximate surface area is 121 Å². The fraction of sp³-hybridized carbons (Fsp3) is 0.700.